The minimum absolute atomic E-state index is 0.366. The van der Waals surface area contributed by atoms with Crippen LogP contribution in [0.3, 0.4) is 0 Å². The van der Waals surface area contributed by atoms with E-state index in [0.717, 1.165) is 12.4 Å². The molecule has 0 aliphatic carbocycles. The molecule has 0 aromatic carbocycles. The van der Waals surface area contributed by atoms with Gasteiger partial charge in [0.05, 0.1) is 0 Å². The molecule has 2 rings (SSSR count). The van der Waals surface area contributed by atoms with Gasteiger partial charge in [0.2, 0.25) is 0 Å². The van der Waals surface area contributed by atoms with Crippen LogP contribution in [-0.2, 0) is 13.0 Å². The SMILES string of the molecule is CCn1c(=O)[nH]c(=O)c2[nH]c(CCN(C)C)nc21. The van der Waals surface area contributed by atoms with Crippen LogP contribution in [-0.4, -0.2) is 45.1 Å². The predicted octanol–water partition coefficient (Wildman–Crippen LogP) is -0.463. The number of nitrogens with one attached hydrogen (secondary N) is 2. The number of aromatic amines is 2. The van der Waals surface area contributed by atoms with Crippen LogP contribution in [0.4, 0.5) is 0 Å². The van der Waals surface area contributed by atoms with Crippen LogP contribution < -0.4 is 11.2 Å². The number of hydrogen-bond donors (Lipinski definition) is 2. The number of nitrogens with zero attached hydrogens (tertiary/aromatic N) is 3. The fraction of sp³-hybridized carbons (Fsp3) is 0.545. The molecule has 0 spiro atoms. The van der Waals surface area contributed by atoms with Crippen molar-refractivity contribution in [1.82, 2.24) is 24.4 Å². The normalized spacial score (nSPS) is 11.6. The lowest BCUT2D eigenvalue weighted by Gasteiger charge is -2.06. The molecule has 0 saturated carbocycles. The third-order valence-corrected chi connectivity index (χ3v) is 2.79. The zero-order valence-corrected chi connectivity index (χ0v) is 10.8. The average molecular weight is 251 g/mol. The molecule has 0 aliphatic heterocycles. The Balaban J connectivity index is 2.53. The van der Waals surface area contributed by atoms with Crippen LogP contribution in [0.5, 0.6) is 0 Å². The Morgan fingerprint density at radius 3 is 2.61 bits per heavy atom. The molecule has 0 saturated heterocycles. The smallest absolute Gasteiger partial charge is 0.330 e. The van der Waals surface area contributed by atoms with Gasteiger partial charge in [0.25, 0.3) is 5.56 Å². The molecule has 2 heterocycles. The van der Waals surface area contributed by atoms with Gasteiger partial charge < -0.3 is 9.88 Å². The van der Waals surface area contributed by atoms with Crippen LogP contribution in [0.25, 0.3) is 11.2 Å². The standard InChI is InChI=1S/C11H17N5O2/c1-4-16-9-8(10(17)14-11(16)18)12-7(13-9)5-6-15(2)3/h4-6H2,1-3H3,(H,12,13)(H,14,17,18). The molecule has 0 bridgehead atoms. The summed E-state index contributed by atoms with van der Waals surface area (Å²) in [6.07, 6.45) is 0.707. The number of hydrogen-bond acceptors (Lipinski definition) is 4. The van der Waals surface area contributed by atoms with Crippen LogP contribution in [0.2, 0.25) is 0 Å². The molecule has 0 amide bonds. The highest BCUT2D eigenvalue weighted by atomic mass is 16.2. The van der Waals surface area contributed by atoms with Crippen molar-refractivity contribution < 1.29 is 0 Å². The first kappa shape index (κ1) is 12.6. The van der Waals surface area contributed by atoms with E-state index in [1.807, 2.05) is 25.9 Å². The molecule has 2 aromatic rings. The number of aryl methyl sites for hydroxylation is 1. The fourth-order valence-corrected chi connectivity index (χ4v) is 1.83. The lowest BCUT2D eigenvalue weighted by molar-refractivity contribution is 0.410. The topological polar surface area (TPSA) is 86.8 Å². The summed E-state index contributed by atoms with van der Waals surface area (Å²) in [7, 11) is 3.94. The van der Waals surface area contributed by atoms with Crippen molar-refractivity contribution in [3.05, 3.63) is 26.7 Å². The monoisotopic (exact) mass is 251 g/mol. The number of H-pyrrole nitrogens is 2. The summed E-state index contributed by atoms with van der Waals surface area (Å²) in [5.74, 6) is 0.719. The maximum atomic E-state index is 11.7. The van der Waals surface area contributed by atoms with E-state index < -0.39 is 11.2 Å². The van der Waals surface area contributed by atoms with Crippen LogP contribution in [0.1, 0.15) is 12.7 Å². The molecule has 0 atom stereocenters. The minimum atomic E-state index is -0.416. The van der Waals surface area contributed by atoms with E-state index in [-0.39, 0.29) is 0 Å². The van der Waals surface area contributed by atoms with E-state index in [1.165, 1.54) is 4.57 Å². The maximum absolute atomic E-state index is 11.7. The Kier molecular flexibility index (Phi) is 3.33. The lowest BCUT2D eigenvalue weighted by Crippen LogP contribution is -2.29. The van der Waals surface area contributed by atoms with Crippen LogP contribution in [0.15, 0.2) is 9.59 Å². The second-order valence-corrected chi connectivity index (χ2v) is 4.44. The van der Waals surface area contributed by atoms with Crippen molar-refractivity contribution >= 4 is 11.2 Å². The van der Waals surface area contributed by atoms with Crippen molar-refractivity contribution in [3.63, 3.8) is 0 Å². The Bertz CT molecular complexity index is 664. The van der Waals surface area contributed by atoms with Gasteiger partial charge in [0.1, 0.15) is 11.3 Å². The number of likely N-dealkylation sites (N-methyl/N-ethyl adjacent to an activating group) is 1. The van der Waals surface area contributed by atoms with Crippen molar-refractivity contribution in [2.75, 3.05) is 20.6 Å². The van der Waals surface area contributed by atoms with Crippen molar-refractivity contribution in [1.29, 1.82) is 0 Å². The van der Waals surface area contributed by atoms with E-state index >= 15 is 0 Å². The summed E-state index contributed by atoms with van der Waals surface area (Å²) in [6.45, 7) is 3.14. The molecule has 2 N–H and O–H groups in total. The average Bonchev–Trinajstić information content (AvgIpc) is 2.71. The highest BCUT2D eigenvalue weighted by Gasteiger charge is 2.11. The highest BCUT2D eigenvalue weighted by molar-refractivity contribution is 5.69. The third kappa shape index (κ3) is 2.21. The van der Waals surface area contributed by atoms with Gasteiger partial charge in [-0.1, -0.05) is 0 Å². The number of imidazole rings is 1. The van der Waals surface area contributed by atoms with Gasteiger partial charge in [-0.2, -0.15) is 0 Å². The van der Waals surface area contributed by atoms with Crippen molar-refractivity contribution in [3.8, 4) is 0 Å². The minimum Gasteiger partial charge on any atom is -0.336 e. The Morgan fingerprint density at radius 2 is 2.00 bits per heavy atom. The maximum Gasteiger partial charge on any atom is 0.330 e. The van der Waals surface area contributed by atoms with E-state index in [9.17, 15) is 9.59 Å². The van der Waals surface area contributed by atoms with Crippen LogP contribution >= 0.6 is 0 Å². The zero-order chi connectivity index (χ0) is 13.3. The summed E-state index contributed by atoms with van der Waals surface area (Å²) in [5.41, 5.74) is -0.0332. The van der Waals surface area contributed by atoms with Gasteiger partial charge in [-0.15, -0.1) is 0 Å². The predicted molar refractivity (Wildman–Crippen MR) is 68.9 cm³/mol. The van der Waals surface area contributed by atoms with Gasteiger partial charge in [-0.25, -0.2) is 9.78 Å². The molecular formula is C11H17N5O2. The molecule has 98 valence electrons. The quantitative estimate of drug-likeness (QED) is 0.769. The third-order valence-electron chi connectivity index (χ3n) is 2.79. The summed E-state index contributed by atoms with van der Waals surface area (Å²) >= 11 is 0. The molecule has 0 aliphatic rings. The molecule has 0 unspecified atom stereocenters. The van der Waals surface area contributed by atoms with Crippen molar-refractivity contribution in [2.45, 2.75) is 19.9 Å². The Morgan fingerprint density at radius 1 is 1.28 bits per heavy atom. The zero-order valence-electron chi connectivity index (χ0n) is 10.8. The first-order valence-electron chi connectivity index (χ1n) is 5.89. The van der Waals surface area contributed by atoms with Gasteiger partial charge in [0, 0.05) is 19.5 Å². The number of aromatic nitrogens is 4. The second-order valence-electron chi connectivity index (χ2n) is 4.44. The largest absolute Gasteiger partial charge is 0.336 e. The molecule has 7 heteroatoms. The fourth-order valence-electron chi connectivity index (χ4n) is 1.83. The van der Waals surface area contributed by atoms with Gasteiger partial charge >= 0.3 is 5.69 Å². The summed E-state index contributed by atoms with van der Waals surface area (Å²) < 4.78 is 1.45. The molecule has 0 radical (unpaired) electrons. The van der Waals surface area contributed by atoms with Gasteiger partial charge in [0.15, 0.2) is 5.65 Å². The Labute approximate surface area is 103 Å². The molecule has 0 fully saturated rings. The Hall–Kier alpha value is -1.89. The van der Waals surface area contributed by atoms with Gasteiger partial charge in [-0.3, -0.25) is 14.3 Å². The summed E-state index contributed by atoms with van der Waals surface area (Å²) in [4.78, 5) is 34.9. The first-order chi connectivity index (χ1) is 8.52. The number of fused-ring (bicyclic) bond motifs is 1. The molecule has 2 aromatic heterocycles. The number of rotatable bonds is 4. The van der Waals surface area contributed by atoms with Crippen molar-refractivity contribution in [2.24, 2.45) is 0 Å². The first-order valence-corrected chi connectivity index (χ1v) is 5.89. The molecule has 18 heavy (non-hydrogen) atoms. The van der Waals surface area contributed by atoms with Crippen LogP contribution in [0, 0.1) is 0 Å². The molecular weight excluding hydrogens is 234 g/mol. The summed E-state index contributed by atoms with van der Waals surface area (Å²) in [5, 5.41) is 0. The van der Waals surface area contributed by atoms with E-state index in [1.54, 1.807) is 0 Å². The van der Waals surface area contributed by atoms with E-state index in [4.69, 9.17) is 0 Å². The van der Waals surface area contributed by atoms with E-state index in [0.29, 0.717) is 24.1 Å². The van der Waals surface area contributed by atoms with Gasteiger partial charge in [-0.05, 0) is 21.0 Å². The second kappa shape index (κ2) is 4.77. The lowest BCUT2D eigenvalue weighted by atomic mass is 10.4. The van der Waals surface area contributed by atoms with E-state index in [2.05, 4.69) is 15.0 Å². The summed E-state index contributed by atoms with van der Waals surface area (Å²) in [6, 6.07) is 0. The highest BCUT2D eigenvalue weighted by Crippen LogP contribution is 2.05. The molecule has 7 nitrogen and oxygen atoms in total.